The van der Waals surface area contributed by atoms with E-state index in [2.05, 4.69) is 15.6 Å². The van der Waals surface area contributed by atoms with Gasteiger partial charge in [-0.25, -0.2) is 4.79 Å². The summed E-state index contributed by atoms with van der Waals surface area (Å²) in [5, 5.41) is 5.14. The van der Waals surface area contributed by atoms with Crippen molar-refractivity contribution in [3.63, 3.8) is 0 Å². The highest BCUT2D eigenvalue weighted by molar-refractivity contribution is 5.73. The summed E-state index contributed by atoms with van der Waals surface area (Å²) in [6.07, 6.45) is 1.73. The first kappa shape index (κ1) is 9.51. The van der Waals surface area contributed by atoms with E-state index in [0.29, 0.717) is 6.54 Å². The van der Waals surface area contributed by atoms with Crippen molar-refractivity contribution in [3.05, 3.63) is 29.6 Å². The molecule has 2 N–H and O–H groups in total. The molecule has 1 rings (SSSR count). The minimum Gasteiger partial charge on any atom is -0.341 e. The number of nitrogens with zero attached hydrogens (tertiary/aromatic N) is 1. The Bertz CT molecular complexity index is 299. The van der Waals surface area contributed by atoms with Crippen molar-refractivity contribution >= 4 is 6.03 Å². The number of carbonyl (C=O) groups excluding carboxylic acids is 1. The van der Waals surface area contributed by atoms with Gasteiger partial charge in [-0.05, 0) is 24.6 Å². The molecule has 0 spiro atoms. The van der Waals surface area contributed by atoms with E-state index in [1.807, 2.05) is 19.1 Å². The fraction of sp³-hybridized carbons (Fsp3) is 0.333. The largest absolute Gasteiger partial charge is 0.341 e. The predicted octanol–water partition coefficient (Wildman–Crippen LogP) is 0.819. The summed E-state index contributed by atoms with van der Waals surface area (Å²) in [6, 6.07) is 3.67. The second-order valence-electron chi connectivity index (χ2n) is 2.76. The third kappa shape index (κ3) is 3.11. The van der Waals surface area contributed by atoms with Crippen LogP contribution in [-0.2, 0) is 6.54 Å². The number of nitrogens with one attached hydrogen (secondary N) is 2. The second kappa shape index (κ2) is 4.45. The van der Waals surface area contributed by atoms with Crippen molar-refractivity contribution in [2.75, 3.05) is 7.05 Å². The number of rotatable bonds is 2. The lowest BCUT2D eigenvalue weighted by Gasteiger charge is -2.03. The Labute approximate surface area is 77.4 Å². The first-order chi connectivity index (χ1) is 6.22. The van der Waals surface area contributed by atoms with E-state index in [4.69, 9.17) is 0 Å². The topological polar surface area (TPSA) is 54.0 Å². The SMILES string of the molecule is CNC(=O)NCc1cc(C)ccn1. The van der Waals surface area contributed by atoms with E-state index >= 15 is 0 Å². The fourth-order valence-corrected chi connectivity index (χ4v) is 0.955. The molecule has 0 bridgehead atoms. The summed E-state index contributed by atoms with van der Waals surface area (Å²) >= 11 is 0. The van der Waals surface area contributed by atoms with Crippen LogP contribution in [0.15, 0.2) is 18.3 Å². The van der Waals surface area contributed by atoms with Gasteiger partial charge in [-0.15, -0.1) is 0 Å². The Hall–Kier alpha value is -1.58. The zero-order valence-corrected chi connectivity index (χ0v) is 7.79. The van der Waals surface area contributed by atoms with Gasteiger partial charge in [-0.2, -0.15) is 0 Å². The lowest BCUT2D eigenvalue weighted by atomic mass is 10.2. The van der Waals surface area contributed by atoms with Crippen molar-refractivity contribution in [2.45, 2.75) is 13.5 Å². The lowest BCUT2D eigenvalue weighted by molar-refractivity contribution is 0.242. The van der Waals surface area contributed by atoms with Crippen LogP contribution in [0.25, 0.3) is 0 Å². The molecule has 0 saturated carbocycles. The maximum atomic E-state index is 10.8. The Morgan fingerprint density at radius 2 is 2.38 bits per heavy atom. The summed E-state index contributed by atoms with van der Waals surface area (Å²) in [5.41, 5.74) is 2.01. The summed E-state index contributed by atoms with van der Waals surface area (Å²) < 4.78 is 0. The van der Waals surface area contributed by atoms with Crippen molar-refractivity contribution < 1.29 is 4.79 Å². The third-order valence-electron chi connectivity index (χ3n) is 1.63. The van der Waals surface area contributed by atoms with Crippen LogP contribution in [0.1, 0.15) is 11.3 Å². The molecular weight excluding hydrogens is 166 g/mol. The van der Waals surface area contributed by atoms with Crippen molar-refractivity contribution in [1.82, 2.24) is 15.6 Å². The number of pyridine rings is 1. The highest BCUT2D eigenvalue weighted by Crippen LogP contribution is 1.98. The maximum Gasteiger partial charge on any atom is 0.314 e. The van der Waals surface area contributed by atoms with E-state index in [-0.39, 0.29) is 6.03 Å². The van der Waals surface area contributed by atoms with E-state index in [0.717, 1.165) is 11.3 Å². The molecule has 4 nitrogen and oxygen atoms in total. The van der Waals surface area contributed by atoms with E-state index in [1.54, 1.807) is 13.2 Å². The standard InChI is InChI=1S/C9H13N3O/c1-7-3-4-11-8(5-7)6-12-9(13)10-2/h3-5H,6H2,1-2H3,(H2,10,12,13). The monoisotopic (exact) mass is 179 g/mol. The Balaban J connectivity index is 2.50. The van der Waals surface area contributed by atoms with Gasteiger partial charge in [0.05, 0.1) is 12.2 Å². The summed E-state index contributed by atoms with van der Waals surface area (Å²) in [4.78, 5) is 14.9. The number of aryl methyl sites for hydroxylation is 1. The molecule has 1 aromatic heterocycles. The van der Waals surface area contributed by atoms with Gasteiger partial charge in [0.2, 0.25) is 0 Å². The van der Waals surface area contributed by atoms with Crippen LogP contribution in [0, 0.1) is 6.92 Å². The first-order valence-electron chi connectivity index (χ1n) is 4.09. The van der Waals surface area contributed by atoms with Gasteiger partial charge in [0.25, 0.3) is 0 Å². The maximum absolute atomic E-state index is 10.8. The van der Waals surface area contributed by atoms with Crippen molar-refractivity contribution in [3.8, 4) is 0 Å². The molecular formula is C9H13N3O. The number of aromatic nitrogens is 1. The summed E-state index contributed by atoms with van der Waals surface area (Å²) in [6.45, 7) is 2.45. The smallest absolute Gasteiger partial charge is 0.314 e. The minimum absolute atomic E-state index is 0.191. The first-order valence-corrected chi connectivity index (χ1v) is 4.09. The van der Waals surface area contributed by atoms with Crippen LogP contribution in [0.3, 0.4) is 0 Å². The highest BCUT2D eigenvalue weighted by Gasteiger charge is 1.97. The zero-order valence-electron chi connectivity index (χ0n) is 7.79. The molecule has 0 radical (unpaired) electrons. The lowest BCUT2D eigenvalue weighted by Crippen LogP contribution is -2.32. The van der Waals surface area contributed by atoms with Crippen LogP contribution < -0.4 is 10.6 Å². The molecule has 13 heavy (non-hydrogen) atoms. The quantitative estimate of drug-likeness (QED) is 0.706. The minimum atomic E-state index is -0.191. The molecule has 70 valence electrons. The molecule has 2 amide bonds. The normalized spacial score (nSPS) is 9.38. The number of amides is 2. The van der Waals surface area contributed by atoms with Gasteiger partial charge in [0, 0.05) is 13.2 Å². The molecule has 0 saturated heterocycles. The molecule has 0 aliphatic rings. The molecule has 0 unspecified atom stereocenters. The molecule has 0 aliphatic carbocycles. The van der Waals surface area contributed by atoms with Gasteiger partial charge in [-0.1, -0.05) is 0 Å². The Morgan fingerprint density at radius 3 is 3.00 bits per heavy atom. The second-order valence-corrected chi connectivity index (χ2v) is 2.76. The molecule has 1 heterocycles. The number of urea groups is 1. The predicted molar refractivity (Wildman–Crippen MR) is 50.3 cm³/mol. The Kier molecular flexibility index (Phi) is 3.25. The van der Waals surface area contributed by atoms with Gasteiger partial charge < -0.3 is 10.6 Å². The number of carbonyl (C=O) groups is 1. The Morgan fingerprint density at radius 1 is 1.62 bits per heavy atom. The average molecular weight is 179 g/mol. The van der Waals surface area contributed by atoms with Gasteiger partial charge in [-0.3, -0.25) is 4.98 Å². The van der Waals surface area contributed by atoms with Crippen molar-refractivity contribution in [1.29, 1.82) is 0 Å². The van der Waals surface area contributed by atoms with E-state index in [1.165, 1.54) is 0 Å². The van der Waals surface area contributed by atoms with Crippen molar-refractivity contribution in [2.24, 2.45) is 0 Å². The van der Waals surface area contributed by atoms with Crippen LogP contribution in [0.5, 0.6) is 0 Å². The zero-order chi connectivity index (χ0) is 9.68. The molecule has 0 atom stereocenters. The summed E-state index contributed by atoms with van der Waals surface area (Å²) in [5.74, 6) is 0. The summed E-state index contributed by atoms with van der Waals surface area (Å²) in [7, 11) is 1.58. The molecule has 0 aromatic carbocycles. The average Bonchev–Trinajstić information content (AvgIpc) is 2.14. The number of hydrogen-bond donors (Lipinski definition) is 2. The molecule has 0 fully saturated rings. The van der Waals surface area contributed by atoms with Gasteiger partial charge >= 0.3 is 6.03 Å². The van der Waals surface area contributed by atoms with Gasteiger partial charge in [0.15, 0.2) is 0 Å². The van der Waals surface area contributed by atoms with Crippen LogP contribution in [0.4, 0.5) is 4.79 Å². The number of hydrogen-bond acceptors (Lipinski definition) is 2. The molecule has 1 aromatic rings. The van der Waals surface area contributed by atoms with Crippen LogP contribution >= 0.6 is 0 Å². The van der Waals surface area contributed by atoms with E-state index < -0.39 is 0 Å². The molecule has 4 heteroatoms. The fourth-order valence-electron chi connectivity index (χ4n) is 0.955. The van der Waals surface area contributed by atoms with Crippen LogP contribution in [0.2, 0.25) is 0 Å². The highest BCUT2D eigenvalue weighted by atomic mass is 16.2. The molecule has 0 aliphatic heterocycles. The van der Waals surface area contributed by atoms with Gasteiger partial charge in [0.1, 0.15) is 0 Å². The third-order valence-corrected chi connectivity index (χ3v) is 1.63. The van der Waals surface area contributed by atoms with Crippen LogP contribution in [-0.4, -0.2) is 18.1 Å². The van der Waals surface area contributed by atoms with E-state index in [9.17, 15) is 4.79 Å².